The number of hydrogen-bond acceptors (Lipinski definition) is 5. The Bertz CT molecular complexity index is 862. The Balaban J connectivity index is 2.24. The molecule has 0 spiro atoms. The lowest BCUT2D eigenvalue weighted by Gasteiger charge is -2.25. The molecule has 0 amide bonds. The van der Waals surface area contributed by atoms with Gasteiger partial charge in [0.15, 0.2) is 9.84 Å². The van der Waals surface area contributed by atoms with Crippen molar-refractivity contribution in [2.24, 2.45) is 5.41 Å². The highest BCUT2D eigenvalue weighted by molar-refractivity contribution is 7.90. The average molecular weight is 362 g/mol. The lowest BCUT2D eigenvalue weighted by Crippen LogP contribution is -2.26. The topological polar surface area (TPSA) is 89.3 Å². The van der Waals surface area contributed by atoms with Crippen molar-refractivity contribution < 1.29 is 13.3 Å². The van der Waals surface area contributed by atoms with Crippen LogP contribution in [0.4, 0.5) is 11.4 Å². The molecule has 7 heteroatoms. The molecule has 25 heavy (non-hydrogen) atoms. The predicted molar refractivity (Wildman–Crippen MR) is 98.6 cm³/mol. The van der Waals surface area contributed by atoms with E-state index in [1.54, 1.807) is 0 Å². The van der Waals surface area contributed by atoms with Gasteiger partial charge >= 0.3 is 5.69 Å². The van der Waals surface area contributed by atoms with E-state index in [4.69, 9.17) is 0 Å². The molecular formula is C18H22N2O4S. The van der Waals surface area contributed by atoms with Crippen LogP contribution >= 0.6 is 0 Å². The van der Waals surface area contributed by atoms with Crippen LogP contribution in [0.3, 0.4) is 0 Å². The lowest BCUT2D eigenvalue weighted by molar-refractivity contribution is -0.386. The van der Waals surface area contributed by atoms with E-state index in [0.29, 0.717) is 6.54 Å². The fraction of sp³-hybridized carbons (Fsp3) is 0.333. The molecule has 0 bridgehead atoms. The largest absolute Gasteiger partial charge is 0.379 e. The Morgan fingerprint density at radius 2 is 1.72 bits per heavy atom. The number of hydrogen-bond donors (Lipinski definition) is 1. The third-order valence-electron chi connectivity index (χ3n) is 3.86. The molecule has 2 aromatic rings. The Labute approximate surface area is 148 Å². The van der Waals surface area contributed by atoms with Gasteiger partial charge in [0.2, 0.25) is 0 Å². The monoisotopic (exact) mass is 362 g/mol. The van der Waals surface area contributed by atoms with Crippen LogP contribution < -0.4 is 5.32 Å². The van der Waals surface area contributed by atoms with Crippen LogP contribution in [0.2, 0.25) is 0 Å². The van der Waals surface area contributed by atoms with Crippen molar-refractivity contribution in [3.05, 3.63) is 64.2 Å². The molecule has 0 unspecified atom stereocenters. The highest BCUT2D eigenvalue weighted by atomic mass is 32.2. The van der Waals surface area contributed by atoms with Crippen molar-refractivity contribution in [3.63, 3.8) is 0 Å². The molecule has 0 fully saturated rings. The van der Waals surface area contributed by atoms with Gasteiger partial charge in [0.1, 0.15) is 10.6 Å². The molecule has 0 saturated carbocycles. The third kappa shape index (κ3) is 5.03. The van der Waals surface area contributed by atoms with Crippen molar-refractivity contribution >= 4 is 21.2 Å². The van der Waals surface area contributed by atoms with E-state index in [1.807, 2.05) is 30.3 Å². The van der Waals surface area contributed by atoms with E-state index in [0.717, 1.165) is 12.7 Å². The molecule has 0 radical (unpaired) electrons. The minimum Gasteiger partial charge on any atom is -0.379 e. The smallest absolute Gasteiger partial charge is 0.310 e. The zero-order valence-electron chi connectivity index (χ0n) is 14.5. The quantitative estimate of drug-likeness (QED) is 0.599. The number of nitrogens with zero attached hydrogens (tertiary/aromatic N) is 1. The van der Waals surface area contributed by atoms with Crippen molar-refractivity contribution in [1.82, 2.24) is 0 Å². The first-order valence-electron chi connectivity index (χ1n) is 7.85. The highest BCUT2D eigenvalue weighted by Crippen LogP contribution is 2.33. The Morgan fingerprint density at radius 1 is 1.08 bits per heavy atom. The van der Waals surface area contributed by atoms with Gasteiger partial charge in [-0.3, -0.25) is 10.1 Å². The second-order valence-corrected chi connectivity index (χ2v) is 8.85. The minimum absolute atomic E-state index is 0.170. The van der Waals surface area contributed by atoms with Crippen molar-refractivity contribution in [1.29, 1.82) is 0 Å². The van der Waals surface area contributed by atoms with Gasteiger partial charge in [-0.15, -0.1) is 0 Å². The minimum atomic E-state index is -3.68. The predicted octanol–water partition coefficient (Wildman–Crippen LogP) is 3.68. The van der Waals surface area contributed by atoms with Gasteiger partial charge < -0.3 is 5.32 Å². The maximum absolute atomic E-state index is 11.8. The molecule has 6 nitrogen and oxygen atoms in total. The molecule has 0 aliphatic carbocycles. The van der Waals surface area contributed by atoms with Gasteiger partial charge in [-0.25, -0.2) is 8.42 Å². The fourth-order valence-corrected chi connectivity index (χ4v) is 3.56. The molecule has 1 N–H and O–H groups in total. The third-order valence-corrected chi connectivity index (χ3v) is 4.99. The molecule has 0 aromatic heterocycles. The summed E-state index contributed by atoms with van der Waals surface area (Å²) in [5.41, 5.74) is 0.819. The summed E-state index contributed by atoms with van der Waals surface area (Å²) in [4.78, 5) is 10.5. The zero-order valence-corrected chi connectivity index (χ0v) is 15.3. The summed E-state index contributed by atoms with van der Waals surface area (Å²) in [5.74, 6) is 0. The molecule has 0 heterocycles. The highest BCUT2D eigenvalue weighted by Gasteiger charge is 2.27. The molecule has 0 atom stereocenters. The summed E-state index contributed by atoms with van der Waals surface area (Å²) in [5, 5.41) is 14.5. The van der Waals surface area contributed by atoms with E-state index in [9.17, 15) is 18.5 Å². The molecule has 0 aliphatic rings. The normalized spacial score (nSPS) is 12.0. The maximum atomic E-state index is 11.8. The number of para-hydroxylation sites is 1. The Hall–Kier alpha value is -2.41. The summed E-state index contributed by atoms with van der Waals surface area (Å²) in [6, 6.07) is 14.3. The van der Waals surface area contributed by atoms with Crippen LogP contribution in [0.5, 0.6) is 0 Å². The molecule has 2 rings (SSSR count). The summed E-state index contributed by atoms with van der Waals surface area (Å²) in [6.07, 6.45) is 1.76. The molecule has 134 valence electrons. The Kier molecular flexibility index (Phi) is 5.47. The van der Waals surface area contributed by atoms with Crippen molar-refractivity contribution in [3.8, 4) is 0 Å². The first-order valence-corrected chi connectivity index (χ1v) is 9.74. The molecular weight excluding hydrogens is 340 g/mol. The number of nitrogens with one attached hydrogen (secondary N) is 1. The van der Waals surface area contributed by atoms with Gasteiger partial charge in [0.25, 0.3) is 0 Å². The van der Waals surface area contributed by atoms with E-state index < -0.39 is 20.4 Å². The molecule has 2 aromatic carbocycles. The maximum Gasteiger partial charge on any atom is 0.310 e. The molecule has 0 aliphatic heterocycles. The summed E-state index contributed by atoms with van der Waals surface area (Å²) < 4.78 is 23.6. The van der Waals surface area contributed by atoms with Gasteiger partial charge in [0.05, 0.1) is 4.92 Å². The second-order valence-electron chi connectivity index (χ2n) is 6.86. The van der Waals surface area contributed by atoms with Crippen LogP contribution in [0.15, 0.2) is 53.4 Å². The zero-order chi connectivity index (χ0) is 18.7. The van der Waals surface area contributed by atoms with E-state index in [1.165, 1.54) is 23.8 Å². The first-order chi connectivity index (χ1) is 11.6. The number of nitro benzene ring substituents is 1. The van der Waals surface area contributed by atoms with Crippen LogP contribution in [-0.2, 0) is 16.3 Å². The van der Waals surface area contributed by atoms with Gasteiger partial charge in [-0.05, 0) is 29.5 Å². The van der Waals surface area contributed by atoms with E-state index in [-0.39, 0.29) is 16.0 Å². The number of rotatable bonds is 7. The number of sulfone groups is 1. The van der Waals surface area contributed by atoms with Gasteiger partial charge in [0, 0.05) is 12.8 Å². The summed E-state index contributed by atoms with van der Waals surface area (Å²) >= 11 is 0. The number of anilines is 1. The molecule has 0 saturated heterocycles. The van der Waals surface area contributed by atoms with Crippen LogP contribution in [0.1, 0.15) is 19.4 Å². The van der Waals surface area contributed by atoms with Crippen LogP contribution in [-0.4, -0.2) is 26.1 Å². The number of benzene rings is 2. The lowest BCUT2D eigenvalue weighted by atomic mass is 9.85. The van der Waals surface area contributed by atoms with Crippen LogP contribution in [0.25, 0.3) is 0 Å². The average Bonchev–Trinajstić information content (AvgIpc) is 2.52. The second kappa shape index (κ2) is 7.23. The van der Waals surface area contributed by atoms with Crippen molar-refractivity contribution in [2.45, 2.75) is 25.2 Å². The fourth-order valence-electron chi connectivity index (χ4n) is 2.70. The Morgan fingerprint density at radius 3 is 2.28 bits per heavy atom. The van der Waals surface area contributed by atoms with Crippen LogP contribution in [0, 0.1) is 15.5 Å². The van der Waals surface area contributed by atoms with Gasteiger partial charge in [-0.2, -0.15) is 0 Å². The van der Waals surface area contributed by atoms with Crippen molar-refractivity contribution in [2.75, 3.05) is 18.1 Å². The SMILES string of the molecule is CC(C)(CNc1cccc(S(C)(=O)=O)c1[N+](=O)[O-])Cc1ccccc1. The van der Waals surface area contributed by atoms with Gasteiger partial charge in [-0.1, -0.05) is 50.2 Å². The summed E-state index contributed by atoms with van der Waals surface area (Å²) in [6.45, 7) is 4.58. The van der Waals surface area contributed by atoms with E-state index in [2.05, 4.69) is 19.2 Å². The standard InChI is InChI=1S/C18H22N2O4S/c1-18(2,12-14-8-5-4-6-9-14)13-19-15-10-7-11-16(25(3,23)24)17(15)20(21)22/h4-11,19H,12-13H2,1-3H3. The first kappa shape index (κ1) is 18.9. The number of nitro groups is 1. The van der Waals surface area contributed by atoms with E-state index >= 15 is 0 Å². The summed E-state index contributed by atoms with van der Waals surface area (Å²) in [7, 11) is -3.68.